The van der Waals surface area contributed by atoms with Crippen molar-refractivity contribution in [2.75, 3.05) is 6.54 Å². The lowest BCUT2D eigenvalue weighted by Gasteiger charge is -2.02. The molecule has 0 bridgehead atoms. The third-order valence-electron chi connectivity index (χ3n) is 2.72. The summed E-state index contributed by atoms with van der Waals surface area (Å²) in [6, 6.07) is 0. The standard InChI is InChI=1S/C15H27N/c1-5-15(12-16)11-7-10-14(4)9-6-8-13(2)3/h5,8,10H,6-7,9,11-12,16H2,1-4H3/b14-10+,15-5+. The van der Waals surface area contributed by atoms with E-state index in [-0.39, 0.29) is 0 Å². The molecule has 0 heterocycles. The lowest BCUT2D eigenvalue weighted by atomic mass is 10.1. The zero-order chi connectivity index (χ0) is 12.4. The molecule has 0 aromatic carbocycles. The first-order valence-electron chi connectivity index (χ1n) is 6.23. The predicted octanol–water partition coefficient (Wildman–Crippen LogP) is 4.36. The van der Waals surface area contributed by atoms with Crippen molar-refractivity contribution in [1.29, 1.82) is 0 Å². The molecule has 0 aromatic rings. The lowest BCUT2D eigenvalue weighted by molar-refractivity contribution is 0.896. The van der Waals surface area contributed by atoms with E-state index in [9.17, 15) is 0 Å². The molecule has 16 heavy (non-hydrogen) atoms. The summed E-state index contributed by atoms with van der Waals surface area (Å²) in [6.07, 6.45) is 11.3. The lowest BCUT2D eigenvalue weighted by Crippen LogP contribution is -2.02. The molecule has 0 unspecified atom stereocenters. The average Bonchev–Trinajstić information content (AvgIpc) is 2.24. The van der Waals surface area contributed by atoms with Gasteiger partial charge < -0.3 is 5.73 Å². The predicted molar refractivity (Wildman–Crippen MR) is 74.5 cm³/mol. The Morgan fingerprint density at radius 2 is 1.62 bits per heavy atom. The van der Waals surface area contributed by atoms with E-state index in [1.54, 1.807) is 0 Å². The van der Waals surface area contributed by atoms with Gasteiger partial charge in [0.2, 0.25) is 0 Å². The van der Waals surface area contributed by atoms with Crippen molar-refractivity contribution in [2.24, 2.45) is 5.73 Å². The van der Waals surface area contributed by atoms with E-state index < -0.39 is 0 Å². The zero-order valence-corrected chi connectivity index (χ0v) is 11.3. The molecule has 0 aliphatic carbocycles. The molecule has 1 heteroatoms. The number of hydrogen-bond donors (Lipinski definition) is 1. The van der Waals surface area contributed by atoms with E-state index in [1.807, 2.05) is 0 Å². The number of rotatable bonds is 7. The highest BCUT2D eigenvalue weighted by Gasteiger charge is 1.93. The van der Waals surface area contributed by atoms with Gasteiger partial charge in [0.05, 0.1) is 0 Å². The van der Waals surface area contributed by atoms with Gasteiger partial charge in [-0.2, -0.15) is 0 Å². The first-order valence-corrected chi connectivity index (χ1v) is 6.23. The molecule has 0 radical (unpaired) electrons. The van der Waals surface area contributed by atoms with Crippen LogP contribution in [0.4, 0.5) is 0 Å². The van der Waals surface area contributed by atoms with Gasteiger partial charge in [-0.3, -0.25) is 0 Å². The summed E-state index contributed by atoms with van der Waals surface area (Å²) in [5.74, 6) is 0. The monoisotopic (exact) mass is 221 g/mol. The Morgan fingerprint density at radius 3 is 2.12 bits per heavy atom. The van der Waals surface area contributed by atoms with Crippen molar-refractivity contribution in [3.05, 3.63) is 34.9 Å². The van der Waals surface area contributed by atoms with Gasteiger partial charge in [0.15, 0.2) is 0 Å². The number of nitrogens with two attached hydrogens (primary N) is 1. The first kappa shape index (κ1) is 15.2. The van der Waals surface area contributed by atoms with E-state index in [2.05, 4.69) is 45.9 Å². The summed E-state index contributed by atoms with van der Waals surface area (Å²) < 4.78 is 0. The van der Waals surface area contributed by atoms with Crippen LogP contribution in [-0.4, -0.2) is 6.54 Å². The highest BCUT2D eigenvalue weighted by molar-refractivity contribution is 5.06. The second-order valence-electron chi connectivity index (χ2n) is 4.56. The highest BCUT2D eigenvalue weighted by atomic mass is 14.5. The largest absolute Gasteiger partial charge is 0.327 e. The zero-order valence-electron chi connectivity index (χ0n) is 11.3. The van der Waals surface area contributed by atoms with Crippen LogP contribution in [0.2, 0.25) is 0 Å². The molecule has 0 saturated carbocycles. The van der Waals surface area contributed by atoms with Gasteiger partial charge in [-0.05, 0) is 53.4 Å². The van der Waals surface area contributed by atoms with E-state index in [1.165, 1.54) is 23.1 Å². The summed E-state index contributed by atoms with van der Waals surface area (Å²) in [5, 5.41) is 0. The Bertz CT molecular complexity index is 265. The molecular weight excluding hydrogens is 194 g/mol. The fraction of sp³-hybridized carbons (Fsp3) is 0.600. The molecule has 0 fully saturated rings. The van der Waals surface area contributed by atoms with Gasteiger partial charge in [0.1, 0.15) is 0 Å². The molecule has 0 amide bonds. The summed E-state index contributed by atoms with van der Waals surface area (Å²) in [7, 11) is 0. The summed E-state index contributed by atoms with van der Waals surface area (Å²) >= 11 is 0. The van der Waals surface area contributed by atoms with Crippen LogP contribution in [0.3, 0.4) is 0 Å². The Hall–Kier alpha value is -0.820. The molecule has 1 nitrogen and oxygen atoms in total. The van der Waals surface area contributed by atoms with E-state index in [0.717, 1.165) is 19.3 Å². The highest BCUT2D eigenvalue weighted by Crippen LogP contribution is 2.10. The van der Waals surface area contributed by atoms with Crippen LogP contribution < -0.4 is 5.73 Å². The van der Waals surface area contributed by atoms with Crippen molar-refractivity contribution in [1.82, 2.24) is 0 Å². The van der Waals surface area contributed by atoms with Crippen molar-refractivity contribution in [2.45, 2.75) is 53.4 Å². The van der Waals surface area contributed by atoms with Crippen LogP contribution in [0.15, 0.2) is 34.9 Å². The molecule has 0 aliphatic heterocycles. The smallest absolute Gasteiger partial charge is 0.0136 e. The molecule has 0 aromatic heterocycles. The topological polar surface area (TPSA) is 26.0 Å². The van der Waals surface area contributed by atoms with Gasteiger partial charge in [-0.1, -0.05) is 34.9 Å². The minimum Gasteiger partial charge on any atom is -0.327 e. The summed E-state index contributed by atoms with van der Waals surface area (Å²) in [5.41, 5.74) is 9.87. The maximum Gasteiger partial charge on any atom is 0.0136 e. The quantitative estimate of drug-likeness (QED) is 0.635. The van der Waals surface area contributed by atoms with E-state index >= 15 is 0 Å². The van der Waals surface area contributed by atoms with Gasteiger partial charge in [-0.15, -0.1) is 0 Å². The Kier molecular flexibility index (Phi) is 8.93. The summed E-state index contributed by atoms with van der Waals surface area (Å²) in [6.45, 7) is 9.28. The van der Waals surface area contributed by atoms with Crippen molar-refractivity contribution < 1.29 is 0 Å². The maximum atomic E-state index is 5.62. The molecular formula is C15H27N. The second-order valence-corrected chi connectivity index (χ2v) is 4.56. The Morgan fingerprint density at radius 1 is 1.00 bits per heavy atom. The van der Waals surface area contributed by atoms with Crippen LogP contribution in [0.5, 0.6) is 0 Å². The fourth-order valence-corrected chi connectivity index (χ4v) is 1.56. The number of allylic oxidation sites excluding steroid dienone is 5. The summed E-state index contributed by atoms with van der Waals surface area (Å²) in [4.78, 5) is 0. The molecule has 0 atom stereocenters. The van der Waals surface area contributed by atoms with Crippen molar-refractivity contribution in [3.63, 3.8) is 0 Å². The number of hydrogen-bond acceptors (Lipinski definition) is 1. The minimum absolute atomic E-state index is 0.696. The van der Waals surface area contributed by atoms with Crippen LogP contribution >= 0.6 is 0 Å². The molecule has 0 saturated heterocycles. The van der Waals surface area contributed by atoms with E-state index in [4.69, 9.17) is 5.73 Å². The normalized spacial score (nSPS) is 12.8. The van der Waals surface area contributed by atoms with Crippen LogP contribution in [0.25, 0.3) is 0 Å². The Balaban J connectivity index is 3.83. The van der Waals surface area contributed by atoms with Crippen molar-refractivity contribution in [3.8, 4) is 0 Å². The second kappa shape index (κ2) is 9.41. The van der Waals surface area contributed by atoms with Crippen molar-refractivity contribution >= 4 is 0 Å². The van der Waals surface area contributed by atoms with Crippen LogP contribution in [0.1, 0.15) is 53.4 Å². The average molecular weight is 221 g/mol. The van der Waals surface area contributed by atoms with Gasteiger partial charge in [0.25, 0.3) is 0 Å². The Labute approximate surface area is 101 Å². The molecule has 0 spiro atoms. The molecule has 2 N–H and O–H groups in total. The van der Waals surface area contributed by atoms with Gasteiger partial charge >= 0.3 is 0 Å². The molecule has 0 rings (SSSR count). The minimum atomic E-state index is 0.696. The van der Waals surface area contributed by atoms with Crippen LogP contribution in [-0.2, 0) is 0 Å². The molecule has 0 aliphatic rings. The fourth-order valence-electron chi connectivity index (χ4n) is 1.56. The van der Waals surface area contributed by atoms with E-state index in [0.29, 0.717) is 6.54 Å². The third kappa shape index (κ3) is 8.49. The van der Waals surface area contributed by atoms with Crippen LogP contribution in [0, 0.1) is 0 Å². The van der Waals surface area contributed by atoms with Gasteiger partial charge in [-0.25, -0.2) is 0 Å². The SMILES string of the molecule is C/C=C(/CN)CC/C=C(\C)CCC=C(C)C. The third-order valence-corrected chi connectivity index (χ3v) is 2.72. The molecule has 92 valence electrons. The van der Waals surface area contributed by atoms with Gasteiger partial charge in [0, 0.05) is 6.54 Å². The first-order chi connectivity index (χ1) is 7.60. The maximum absolute atomic E-state index is 5.62.